The number of carbonyl (C=O) groups excluding carboxylic acids is 2. The molecule has 1 N–H and O–H groups in total. The van der Waals surface area contributed by atoms with Crippen molar-refractivity contribution in [3.8, 4) is 5.75 Å². The Morgan fingerprint density at radius 1 is 1.06 bits per heavy atom. The number of para-hydroxylation sites is 2. The molecule has 2 aliphatic rings. The summed E-state index contributed by atoms with van der Waals surface area (Å²) in [5.41, 5.74) is 3.91. The molecule has 0 spiro atoms. The molecule has 1 saturated heterocycles. The SMILES string of the molecule is COCCN1CC(=O)N2[C@H](c3ccccc3OC)c3[nH]c4ccccc4c3C[C@H]2C1=O. The van der Waals surface area contributed by atoms with E-state index in [1.165, 1.54) is 0 Å². The fourth-order valence-corrected chi connectivity index (χ4v) is 4.93. The van der Waals surface area contributed by atoms with Gasteiger partial charge in [0.15, 0.2) is 0 Å². The second-order valence-electron chi connectivity index (χ2n) is 7.98. The van der Waals surface area contributed by atoms with Gasteiger partial charge < -0.3 is 24.3 Å². The predicted octanol–water partition coefficient (Wildman–Crippen LogP) is 2.51. The van der Waals surface area contributed by atoms with Crippen molar-refractivity contribution in [2.75, 3.05) is 33.9 Å². The second-order valence-corrected chi connectivity index (χ2v) is 7.98. The highest BCUT2D eigenvalue weighted by Gasteiger charge is 2.48. The summed E-state index contributed by atoms with van der Waals surface area (Å²) < 4.78 is 10.8. The van der Waals surface area contributed by atoms with Gasteiger partial charge >= 0.3 is 0 Å². The first-order chi connectivity index (χ1) is 15.1. The molecular weight excluding hydrogens is 394 g/mol. The van der Waals surface area contributed by atoms with E-state index < -0.39 is 12.1 Å². The maximum absolute atomic E-state index is 13.4. The van der Waals surface area contributed by atoms with E-state index in [2.05, 4.69) is 11.1 Å². The van der Waals surface area contributed by atoms with Crippen LogP contribution in [0.5, 0.6) is 5.75 Å². The molecule has 160 valence electrons. The van der Waals surface area contributed by atoms with Crippen molar-refractivity contribution < 1.29 is 19.1 Å². The molecule has 7 nitrogen and oxygen atoms in total. The van der Waals surface area contributed by atoms with Gasteiger partial charge in [0.2, 0.25) is 11.8 Å². The van der Waals surface area contributed by atoms with Gasteiger partial charge in [-0.15, -0.1) is 0 Å². The highest BCUT2D eigenvalue weighted by atomic mass is 16.5. The van der Waals surface area contributed by atoms with Crippen molar-refractivity contribution in [1.29, 1.82) is 0 Å². The van der Waals surface area contributed by atoms with Gasteiger partial charge in [0, 0.05) is 42.2 Å². The smallest absolute Gasteiger partial charge is 0.246 e. The standard InChI is InChI=1S/C24H25N3O4/c1-30-12-11-26-14-21(28)27-19(24(26)29)13-17-15-7-3-5-9-18(15)25-22(17)23(27)16-8-4-6-10-20(16)31-2/h3-10,19,23,25H,11-14H2,1-2H3/t19-,23+/m0/s1. The third-order valence-electron chi connectivity index (χ3n) is 6.34. The lowest BCUT2D eigenvalue weighted by atomic mass is 9.86. The van der Waals surface area contributed by atoms with E-state index in [1.54, 1.807) is 24.0 Å². The summed E-state index contributed by atoms with van der Waals surface area (Å²) in [6, 6.07) is 14.8. The van der Waals surface area contributed by atoms with E-state index in [0.29, 0.717) is 25.3 Å². The van der Waals surface area contributed by atoms with Crippen LogP contribution in [-0.4, -0.2) is 66.6 Å². The Kier molecular flexibility index (Phi) is 4.90. The van der Waals surface area contributed by atoms with Crippen molar-refractivity contribution in [3.05, 3.63) is 65.4 Å². The molecule has 0 bridgehead atoms. The van der Waals surface area contributed by atoms with Gasteiger partial charge in [0.1, 0.15) is 17.8 Å². The van der Waals surface area contributed by atoms with Gasteiger partial charge in [-0.1, -0.05) is 36.4 Å². The van der Waals surface area contributed by atoms with Crippen LogP contribution in [0.25, 0.3) is 10.9 Å². The van der Waals surface area contributed by atoms with E-state index in [0.717, 1.165) is 27.7 Å². The Morgan fingerprint density at radius 3 is 2.65 bits per heavy atom. The zero-order valence-corrected chi connectivity index (χ0v) is 17.6. The zero-order chi connectivity index (χ0) is 21.5. The number of aromatic nitrogens is 1. The van der Waals surface area contributed by atoms with E-state index >= 15 is 0 Å². The molecule has 0 unspecified atom stereocenters. The number of H-pyrrole nitrogens is 1. The highest BCUT2D eigenvalue weighted by Crippen LogP contribution is 2.44. The molecule has 0 radical (unpaired) electrons. The van der Waals surface area contributed by atoms with Gasteiger partial charge in [0.05, 0.1) is 20.3 Å². The lowest BCUT2D eigenvalue weighted by Gasteiger charge is -2.47. The first kappa shape index (κ1) is 19.6. The van der Waals surface area contributed by atoms with Crippen molar-refractivity contribution in [3.63, 3.8) is 0 Å². The minimum absolute atomic E-state index is 0.0347. The summed E-state index contributed by atoms with van der Waals surface area (Å²) in [5, 5.41) is 1.09. The maximum atomic E-state index is 13.4. The molecule has 3 aromatic rings. The summed E-state index contributed by atoms with van der Waals surface area (Å²) in [6.07, 6.45) is 0.485. The van der Waals surface area contributed by atoms with Gasteiger partial charge in [-0.2, -0.15) is 0 Å². The topological polar surface area (TPSA) is 74.9 Å². The average Bonchev–Trinajstić information content (AvgIpc) is 3.17. The molecule has 2 atom stereocenters. The third-order valence-corrected chi connectivity index (χ3v) is 6.34. The lowest BCUT2D eigenvalue weighted by molar-refractivity contribution is -0.159. The fourth-order valence-electron chi connectivity index (χ4n) is 4.93. The van der Waals surface area contributed by atoms with Crippen LogP contribution in [0.4, 0.5) is 0 Å². The minimum Gasteiger partial charge on any atom is -0.496 e. The third kappa shape index (κ3) is 3.08. The molecular formula is C24H25N3O4. The minimum atomic E-state index is -0.556. The normalized spacial score (nSPS) is 20.7. The molecule has 2 amide bonds. The van der Waals surface area contributed by atoms with Crippen LogP contribution >= 0.6 is 0 Å². The van der Waals surface area contributed by atoms with E-state index in [9.17, 15) is 9.59 Å². The molecule has 2 aromatic carbocycles. The van der Waals surface area contributed by atoms with E-state index in [-0.39, 0.29) is 18.4 Å². The van der Waals surface area contributed by atoms with Crippen LogP contribution < -0.4 is 4.74 Å². The Bertz CT molecular complexity index is 1150. The number of fused-ring (bicyclic) bond motifs is 4. The number of nitrogens with zero attached hydrogens (tertiary/aromatic N) is 2. The summed E-state index contributed by atoms with van der Waals surface area (Å²) in [6.45, 7) is 0.866. The number of rotatable bonds is 5. The van der Waals surface area contributed by atoms with Crippen molar-refractivity contribution >= 4 is 22.7 Å². The molecule has 5 rings (SSSR count). The summed E-state index contributed by atoms with van der Waals surface area (Å²) >= 11 is 0. The van der Waals surface area contributed by atoms with E-state index in [4.69, 9.17) is 9.47 Å². The summed E-state index contributed by atoms with van der Waals surface area (Å²) in [5.74, 6) is 0.591. The van der Waals surface area contributed by atoms with E-state index in [1.807, 2.05) is 42.5 Å². The maximum Gasteiger partial charge on any atom is 0.246 e. The van der Waals surface area contributed by atoms with Crippen LogP contribution in [0.3, 0.4) is 0 Å². The molecule has 0 saturated carbocycles. The largest absolute Gasteiger partial charge is 0.496 e. The highest BCUT2D eigenvalue weighted by molar-refractivity contribution is 5.97. The Labute approximate surface area is 180 Å². The number of hydrogen-bond acceptors (Lipinski definition) is 4. The number of piperazine rings is 1. The van der Waals surface area contributed by atoms with Crippen LogP contribution in [0, 0.1) is 0 Å². The number of aromatic amines is 1. The van der Waals surface area contributed by atoms with Crippen LogP contribution in [0.2, 0.25) is 0 Å². The Balaban J connectivity index is 1.69. The Morgan fingerprint density at radius 2 is 1.84 bits per heavy atom. The number of amides is 2. The molecule has 2 aliphatic heterocycles. The zero-order valence-electron chi connectivity index (χ0n) is 17.6. The summed E-state index contributed by atoms with van der Waals surface area (Å²) in [7, 11) is 3.22. The van der Waals surface area contributed by atoms with Crippen LogP contribution in [0.1, 0.15) is 22.9 Å². The van der Waals surface area contributed by atoms with Gasteiger partial charge in [-0.25, -0.2) is 0 Å². The molecule has 31 heavy (non-hydrogen) atoms. The number of nitrogens with one attached hydrogen (secondary N) is 1. The molecule has 1 aromatic heterocycles. The van der Waals surface area contributed by atoms with Crippen molar-refractivity contribution in [1.82, 2.24) is 14.8 Å². The number of benzene rings is 2. The Hall–Kier alpha value is -3.32. The van der Waals surface area contributed by atoms with Gasteiger partial charge in [0.25, 0.3) is 0 Å². The number of methoxy groups -OCH3 is 2. The average molecular weight is 419 g/mol. The number of hydrogen-bond donors (Lipinski definition) is 1. The summed E-state index contributed by atoms with van der Waals surface area (Å²) in [4.78, 5) is 33.7. The molecule has 1 fully saturated rings. The number of carbonyl (C=O) groups is 2. The lowest BCUT2D eigenvalue weighted by Crippen LogP contribution is -2.63. The van der Waals surface area contributed by atoms with Crippen LogP contribution in [-0.2, 0) is 20.7 Å². The fraction of sp³-hybridized carbons (Fsp3) is 0.333. The first-order valence-electron chi connectivity index (χ1n) is 10.4. The van der Waals surface area contributed by atoms with Gasteiger partial charge in [-0.05, 0) is 17.7 Å². The monoisotopic (exact) mass is 419 g/mol. The van der Waals surface area contributed by atoms with Gasteiger partial charge in [-0.3, -0.25) is 9.59 Å². The van der Waals surface area contributed by atoms with Crippen LogP contribution in [0.15, 0.2) is 48.5 Å². The first-order valence-corrected chi connectivity index (χ1v) is 10.4. The molecule has 7 heteroatoms. The van der Waals surface area contributed by atoms with Crippen molar-refractivity contribution in [2.45, 2.75) is 18.5 Å². The number of ether oxygens (including phenoxy) is 2. The molecule has 3 heterocycles. The molecule has 0 aliphatic carbocycles. The predicted molar refractivity (Wildman–Crippen MR) is 116 cm³/mol. The quantitative estimate of drug-likeness (QED) is 0.690. The van der Waals surface area contributed by atoms with Crippen molar-refractivity contribution in [2.24, 2.45) is 0 Å². The second kappa shape index (κ2) is 7.74.